The van der Waals surface area contributed by atoms with Gasteiger partial charge in [-0.2, -0.15) is 0 Å². The number of anilines is 1. The van der Waals surface area contributed by atoms with Crippen LogP contribution in [0.4, 0.5) is 5.13 Å². The number of aromatic nitrogens is 1. The molecule has 110 valence electrons. The van der Waals surface area contributed by atoms with E-state index in [0.717, 1.165) is 23.8 Å². The van der Waals surface area contributed by atoms with Gasteiger partial charge in [-0.05, 0) is 0 Å². The molecular formula is C15H16N2O3S. The highest BCUT2D eigenvalue weighted by Crippen LogP contribution is 2.33. The molecule has 0 N–H and O–H groups in total. The standard InChI is InChI=1S/C15H16N2O3S/c1-19-14(18)13-12(11-5-3-2-4-6-11)16-15(21-13)17-7-9-20-10-8-17/h2-6H,7-10H2,1H3. The Hall–Kier alpha value is -1.92. The van der Waals surface area contributed by atoms with Crippen molar-refractivity contribution in [2.75, 3.05) is 38.3 Å². The van der Waals surface area contributed by atoms with Crippen LogP contribution in [0.25, 0.3) is 11.3 Å². The van der Waals surface area contributed by atoms with Gasteiger partial charge in [0.05, 0.1) is 26.0 Å². The summed E-state index contributed by atoms with van der Waals surface area (Å²) >= 11 is 1.38. The van der Waals surface area contributed by atoms with Crippen LogP contribution in [0.2, 0.25) is 0 Å². The summed E-state index contributed by atoms with van der Waals surface area (Å²) in [6, 6.07) is 9.71. The average Bonchev–Trinajstić information content (AvgIpc) is 3.01. The van der Waals surface area contributed by atoms with Gasteiger partial charge in [0.1, 0.15) is 4.88 Å². The van der Waals surface area contributed by atoms with Crippen molar-refractivity contribution in [3.63, 3.8) is 0 Å². The Morgan fingerprint density at radius 2 is 2.00 bits per heavy atom. The molecule has 2 aromatic rings. The van der Waals surface area contributed by atoms with E-state index in [4.69, 9.17) is 9.47 Å². The van der Waals surface area contributed by atoms with Crippen LogP contribution >= 0.6 is 11.3 Å². The number of thiazole rings is 1. The first-order valence-electron chi connectivity index (χ1n) is 6.77. The maximum atomic E-state index is 12.0. The number of nitrogens with zero attached hydrogens (tertiary/aromatic N) is 2. The highest BCUT2D eigenvalue weighted by Gasteiger charge is 2.23. The molecule has 0 saturated carbocycles. The molecule has 0 bridgehead atoms. The summed E-state index contributed by atoms with van der Waals surface area (Å²) in [6.45, 7) is 2.96. The molecule has 0 aliphatic carbocycles. The number of carbonyl (C=O) groups excluding carboxylic acids is 1. The monoisotopic (exact) mass is 304 g/mol. The molecule has 1 fully saturated rings. The van der Waals surface area contributed by atoms with Gasteiger partial charge in [-0.15, -0.1) is 0 Å². The Morgan fingerprint density at radius 1 is 1.29 bits per heavy atom. The van der Waals surface area contributed by atoms with Crippen LogP contribution < -0.4 is 4.90 Å². The van der Waals surface area contributed by atoms with Gasteiger partial charge in [0, 0.05) is 18.7 Å². The highest BCUT2D eigenvalue weighted by atomic mass is 32.1. The van der Waals surface area contributed by atoms with Gasteiger partial charge in [-0.3, -0.25) is 0 Å². The average molecular weight is 304 g/mol. The van der Waals surface area contributed by atoms with E-state index in [1.807, 2.05) is 30.3 Å². The topological polar surface area (TPSA) is 51.7 Å². The molecule has 1 aromatic heterocycles. The highest BCUT2D eigenvalue weighted by molar-refractivity contribution is 7.17. The minimum Gasteiger partial charge on any atom is -0.465 e. The maximum Gasteiger partial charge on any atom is 0.350 e. The first-order chi connectivity index (χ1) is 10.3. The second-order valence-electron chi connectivity index (χ2n) is 4.63. The number of esters is 1. The Labute approximate surface area is 127 Å². The molecule has 0 unspecified atom stereocenters. The summed E-state index contributed by atoms with van der Waals surface area (Å²) < 4.78 is 10.2. The van der Waals surface area contributed by atoms with E-state index in [1.165, 1.54) is 18.4 Å². The fourth-order valence-electron chi connectivity index (χ4n) is 2.22. The number of hydrogen-bond acceptors (Lipinski definition) is 6. The van der Waals surface area contributed by atoms with Gasteiger partial charge < -0.3 is 14.4 Å². The number of ether oxygens (including phenoxy) is 2. The lowest BCUT2D eigenvalue weighted by molar-refractivity contribution is 0.0607. The van der Waals surface area contributed by atoms with Crippen molar-refractivity contribution >= 4 is 22.4 Å². The van der Waals surface area contributed by atoms with Gasteiger partial charge in [-0.25, -0.2) is 9.78 Å². The summed E-state index contributed by atoms with van der Waals surface area (Å²) in [5, 5.41) is 0.845. The van der Waals surface area contributed by atoms with Crippen LogP contribution in [0.3, 0.4) is 0 Å². The number of carbonyl (C=O) groups is 1. The molecule has 0 amide bonds. The molecule has 0 radical (unpaired) electrons. The van der Waals surface area contributed by atoms with Crippen molar-refractivity contribution in [2.24, 2.45) is 0 Å². The second-order valence-corrected chi connectivity index (χ2v) is 5.61. The zero-order chi connectivity index (χ0) is 14.7. The lowest BCUT2D eigenvalue weighted by Gasteiger charge is -2.26. The number of benzene rings is 1. The molecule has 1 aromatic carbocycles. The molecule has 2 heterocycles. The Bertz CT molecular complexity index is 621. The molecule has 5 nitrogen and oxygen atoms in total. The number of methoxy groups -OCH3 is 1. The number of hydrogen-bond donors (Lipinski definition) is 0. The van der Waals surface area contributed by atoms with E-state index in [9.17, 15) is 4.79 Å². The van der Waals surface area contributed by atoms with E-state index in [2.05, 4.69) is 9.88 Å². The van der Waals surface area contributed by atoms with E-state index in [1.54, 1.807) is 0 Å². The molecule has 1 aliphatic rings. The summed E-state index contributed by atoms with van der Waals surface area (Å²) in [7, 11) is 1.39. The molecule has 0 atom stereocenters. The largest absolute Gasteiger partial charge is 0.465 e. The third kappa shape index (κ3) is 2.91. The minimum atomic E-state index is -0.342. The summed E-state index contributed by atoms with van der Waals surface area (Å²) in [5.41, 5.74) is 1.61. The fourth-order valence-corrected chi connectivity index (χ4v) is 3.28. The van der Waals surface area contributed by atoms with Gasteiger partial charge in [0.15, 0.2) is 5.13 Å². The quantitative estimate of drug-likeness (QED) is 0.815. The van der Waals surface area contributed by atoms with Crippen molar-refractivity contribution in [3.05, 3.63) is 35.2 Å². The van der Waals surface area contributed by atoms with E-state index in [-0.39, 0.29) is 5.97 Å². The first-order valence-corrected chi connectivity index (χ1v) is 7.58. The van der Waals surface area contributed by atoms with Crippen molar-refractivity contribution in [3.8, 4) is 11.3 Å². The lowest BCUT2D eigenvalue weighted by atomic mass is 10.1. The van der Waals surface area contributed by atoms with Gasteiger partial charge in [-0.1, -0.05) is 41.7 Å². The van der Waals surface area contributed by atoms with E-state index >= 15 is 0 Å². The SMILES string of the molecule is COC(=O)c1sc(N2CCOCC2)nc1-c1ccccc1. The maximum absolute atomic E-state index is 12.0. The minimum absolute atomic E-state index is 0.342. The Balaban J connectivity index is 2.01. The smallest absolute Gasteiger partial charge is 0.350 e. The summed E-state index contributed by atoms with van der Waals surface area (Å²) in [6.07, 6.45) is 0. The van der Waals surface area contributed by atoms with Crippen LogP contribution in [-0.4, -0.2) is 44.4 Å². The van der Waals surface area contributed by atoms with Crippen LogP contribution in [0, 0.1) is 0 Å². The third-order valence-electron chi connectivity index (χ3n) is 3.32. The molecule has 1 aliphatic heterocycles. The van der Waals surface area contributed by atoms with Gasteiger partial charge in [0.25, 0.3) is 0 Å². The zero-order valence-corrected chi connectivity index (χ0v) is 12.6. The first kappa shape index (κ1) is 14.0. The molecular weight excluding hydrogens is 288 g/mol. The van der Waals surface area contributed by atoms with Crippen LogP contribution in [0.5, 0.6) is 0 Å². The molecule has 21 heavy (non-hydrogen) atoms. The predicted octanol–water partition coefficient (Wildman–Crippen LogP) is 2.43. The predicted molar refractivity (Wildman–Crippen MR) is 81.9 cm³/mol. The summed E-state index contributed by atoms with van der Waals surface area (Å²) in [4.78, 5) is 19.4. The Kier molecular flexibility index (Phi) is 4.17. The van der Waals surface area contributed by atoms with Crippen LogP contribution in [0.15, 0.2) is 30.3 Å². The van der Waals surface area contributed by atoms with E-state index in [0.29, 0.717) is 23.8 Å². The fraction of sp³-hybridized carbons (Fsp3) is 0.333. The van der Waals surface area contributed by atoms with Crippen LogP contribution in [-0.2, 0) is 9.47 Å². The van der Waals surface area contributed by atoms with Crippen LogP contribution in [0.1, 0.15) is 9.67 Å². The number of rotatable bonds is 3. The second kappa shape index (κ2) is 6.24. The zero-order valence-electron chi connectivity index (χ0n) is 11.7. The number of morpholine rings is 1. The normalized spacial score (nSPS) is 15.0. The molecule has 3 rings (SSSR count). The van der Waals surface area contributed by atoms with Crippen molar-refractivity contribution < 1.29 is 14.3 Å². The lowest BCUT2D eigenvalue weighted by Crippen LogP contribution is -2.36. The van der Waals surface area contributed by atoms with Gasteiger partial charge in [0.2, 0.25) is 0 Å². The van der Waals surface area contributed by atoms with E-state index < -0.39 is 0 Å². The molecule has 1 saturated heterocycles. The summed E-state index contributed by atoms with van der Waals surface area (Å²) in [5.74, 6) is -0.342. The Morgan fingerprint density at radius 3 is 2.67 bits per heavy atom. The molecule has 0 spiro atoms. The third-order valence-corrected chi connectivity index (χ3v) is 4.41. The van der Waals surface area contributed by atoms with Gasteiger partial charge >= 0.3 is 5.97 Å². The van der Waals surface area contributed by atoms with Crippen molar-refractivity contribution in [1.82, 2.24) is 4.98 Å². The van der Waals surface area contributed by atoms with Crippen molar-refractivity contribution in [1.29, 1.82) is 0 Å². The molecule has 6 heteroatoms. The van der Waals surface area contributed by atoms with Crippen molar-refractivity contribution in [2.45, 2.75) is 0 Å².